The summed E-state index contributed by atoms with van der Waals surface area (Å²) in [5.41, 5.74) is 1.43. The molecule has 2 nitrogen and oxygen atoms in total. The van der Waals surface area contributed by atoms with E-state index in [0.717, 1.165) is 29.3 Å². The molecule has 0 bridgehead atoms. The number of hydrogen-bond acceptors (Lipinski definition) is 2. The maximum Gasteiger partial charge on any atom is 0.160 e. The third kappa shape index (κ3) is 4.51. The van der Waals surface area contributed by atoms with Crippen LogP contribution in [0.3, 0.4) is 0 Å². The average molecular weight is 345 g/mol. The number of ether oxygens (including phenoxy) is 2. The summed E-state index contributed by atoms with van der Waals surface area (Å²) < 4.78 is 10.9. The molecule has 0 radical (unpaired) electrons. The third-order valence-corrected chi connectivity index (χ3v) is 6.91. The van der Waals surface area contributed by atoms with E-state index in [1.807, 2.05) is 0 Å². The van der Waals surface area contributed by atoms with Gasteiger partial charge in [-0.2, -0.15) is 0 Å². The fourth-order valence-electron chi connectivity index (χ4n) is 5.39. The van der Waals surface area contributed by atoms with Crippen molar-refractivity contribution in [3.63, 3.8) is 0 Å². The molecule has 0 saturated heterocycles. The molecule has 2 saturated carbocycles. The zero-order chi connectivity index (χ0) is 17.6. The van der Waals surface area contributed by atoms with Crippen LogP contribution in [0.25, 0.3) is 0 Å². The minimum Gasteiger partial charge on any atom is -0.493 e. The first kappa shape index (κ1) is 18.6. The van der Waals surface area contributed by atoms with Gasteiger partial charge in [0.25, 0.3) is 0 Å². The average Bonchev–Trinajstić information content (AvgIpc) is 2.68. The zero-order valence-corrected chi connectivity index (χ0v) is 16.4. The highest BCUT2D eigenvalue weighted by atomic mass is 16.5. The van der Waals surface area contributed by atoms with Crippen molar-refractivity contribution in [1.29, 1.82) is 0 Å². The lowest BCUT2D eigenvalue weighted by atomic mass is 9.68. The fourth-order valence-corrected chi connectivity index (χ4v) is 5.39. The standard InChI is InChI=1S/C23H36O2/c1-4-5-17-6-8-18(9-7-17)19-10-12-20(13-11-19)21-14-15-22(24-2)23(16-21)25-3/h14-20H,4-13H2,1-3H3. The van der Waals surface area contributed by atoms with E-state index in [1.165, 1.54) is 69.8 Å². The van der Waals surface area contributed by atoms with E-state index in [9.17, 15) is 0 Å². The Morgan fingerprint density at radius 1 is 0.800 bits per heavy atom. The van der Waals surface area contributed by atoms with Gasteiger partial charge in [0.1, 0.15) is 0 Å². The molecular weight excluding hydrogens is 308 g/mol. The van der Waals surface area contributed by atoms with E-state index >= 15 is 0 Å². The smallest absolute Gasteiger partial charge is 0.160 e. The summed E-state index contributed by atoms with van der Waals surface area (Å²) in [7, 11) is 3.44. The van der Waals surface area contributed by atoms with Crippen LogP contribution in [0, 0.1) is 17.8 Å². The lowest BCUT2D eigenvalue weighted by Gasteiger charge is -2.38. The Morgan fingerprint density at radius 2 is 1.40 bits per heavy atom. The van der Waals surface area contributed by atoms with E-state index < -0.39 is 0 Å². The Hall–Kier alpha value is -1.18. The van der Waals surface area contributed by atoms with Crippen LogP contribution >= 0.6 is 0 Å². The van der Waals surface area contributed by atoms with Crippen molar-refractivity contribution in [2.45, 2.75) is 77.0 Å². The minimum atomic E-state index is 0.701. The lowest BCUT2D eigenvalue weighted by Crippen LogP contribution is -2.25. The van der Waals surface area contributed by atoms with E-state index in [0.29, 0.717) is 5.92 Å². The quantitative estimate of drug-likeness (QED) is 0.580. The summed E-state index contributed by atoms with van der Waals surface area (Å²) in [6.07, 6.45) is 14.3. The van der Waals surface area contributed by atoms with Crippen LogP contribution < -0.4 is 9.47 Å². The molecule has 140 valence electrons. The Balaban J connectivity index is 1.52. The van der Waals surface area contributed by atoms with Crippen LogP contribution in [0.15, 0.2) is 18.2 Å². The van der Waals surface area contributed by atoms with Crippen molar-refractivity contribution >= 4 is 0 Å². The summed E-state index contributed by atoms with van der Waals surface area (Å²) in [6.45, 7) is 2.33. The molecule has 25 heavy (non-hydrogen) atoms. The monoisotopic (exact) mass is 344 g/mol. The molecule has 3 rings (SSSR count). The lowest BCUT2D eigenvalue weighted by molar-refractivity contribution is 0.156. The molecule has 2 aliphatic rings. The number of hydrogen-bond donors (Lipinski definition) is 0. The first-order valence-electron chi connectivity index (χ1n) is 10.5. The molecule has 0 atom stereocenters. The first-order chi connectivity index (χ1) is 12.2. The second-order valence-corrected chi connectivity index (χ2v) is 8.30. The minimum absolute atomic E-state index is 0.701. The van der Waals surface area contributed by atoms with Crippen molar-refractivity contribution in [3.8, 4) is 11.5 Å². The third-order valence-electron chi connectivity index (χ3n) is 6.91. The van der Waals surface area contributed by atoms with Crippen LogP contribution in [0.1, 0.15) is 82.6 Å². The molecule has 2 heteroatoms. The summed E-state index contributed by atoms with van der Waals surface area (Å²) in [6, 6.07) is 6.50. The van der Waals surface area contributed by atoms with Crippen molar-refractivity contribution in [2.75, 3.05) is 14.2 Å². The van der Waals surface area contributed by atoms with E-state index in [1.54, 1.807) is 14.2 Å². The Bertz CT molecular complexity index is 523. The van der Waals surface area contributed by atoms with Crippen molar-refractivity contribution in [2.24, 2.45) is 17.8 Å². The SMILES string of the molecule is CCCC1CCC(C2CCC(c3ccc(OC)c(OC)c3)CC2)CC1. The van der Waals surface area contributed by atoms with Crippen molar-refractivity contribution in [3.05, 3.63) is 23.8 Å². The van der Waals surface area contributed by atoms with Gasteiger partial charge in [0, 0.05) is 0 Å². The fraction of sp³-hybridized carbons (Fsp3) is 0.739. The molecule has 0 unspecified atom stereocenters. The Labute approximate surface area is 154 Å². The number of rotatable bonds is 6. The summed E-state index contributed by atoms with van der Waals surface area (Å²) in [5.74, 6) is 5.44. The summed E-state index contributed by atoms with van der Waals surface area (Å²) in [4.78, 5) is 0. The van der Waals surface area contributed by atoms with Crippen molar-refractivity contribution < 1.29 is 9.47 Å². The van der Waals surface area contributed by atoms with Crippen LogP contribution in [0.5, 0.6) is 11.5 Å². The summed E-state index contributed by atoms with van der Waals surface area (Å²) >= 11 is 0. The zero-order valence-electron chi connectivity index (χ0n) is 16.4. The highest BCUT2D eigenvalue weighted by Crippen LogP contribution is 2.45. The van der Waals surface area contributed by atoms with Gasteiger partial charge in [0.15, 0.2) is 11.5 Å². The second kappa shape index (κ2) is 8.96. The van der Waals surface area contributed by atoms with Crippen LogP contribution in [0.2, 0.25) is 0 Å². The van der Waals surface area contributed by atoms with E-state index in [2.05, 4.69) is 25.1 Å². The van der Waals surface area contributed by atoms with Gasteiger partial charge in [0.2, 0.25) is 0 Å². The van der Waals surface area contributed by atoms with Gasteiger partial charge in [-0.25, -0.2) is 0 Å². The number of methoxy groups -OCH3 is 2. The molecule has 2 fully saturated rings. The molecule has 0 spiro atoms. The Kier molecular flexibility index (Phi) is 6.67. The van der Waals surface area contributed by atoms with Gasteiger partial charge in [0.05, 0.1) is 14.2 Å². The largest absolute Gasteiger partial charge is 0.493 e. The molecule has 1 aromatic carbocycles. The van der Waals surface area contributed by atoms with Gasteiger partial charge in [-0.15, -0.1) is 0 Å². The Morgan fingerprint density at radius 3 is 1.96 bits per heavy atom. The normalized spacial score (nSPS) is 30.0. The van der Waals surface area contributed by atoms with Gasteiger partial charge in [-0.1, -0.05) is 38.7 Å². The maximum absolute atomic E-state index is 5.49. The van der Waals surface area contributed by atoms with Gasteiger partial charge in [-0.3, -0.25) is 0 Å². The number of benzene rings is 1. The molecule has 2 aliphatic carbocycles. The highest BCUT2D eigenvalue weighted by molar-refractivity contribution is 5.44. The van der Waals surface area contributed by atoms with Gasteiger partial charge in [-0.05, 0) is 79.9 Å². The molecule has 0 aliphatic heterocycles. The molecule has 0 N–H and O–H groups in total. The summed E-state index contributed by atoms with van der Waals surface area (Å²) in [5, 5.41) is 0. The molecule has 0 aromatic heterocycles. The molecule has 1 aromatic rings. The highest BCUT2D eigenvalue weighted by Gasteiger charge is 2.31. The van der Waals surface area contributed by atoms with Gasteiger partial charge >= 0.3 is 0 Å². The van der Waals surface area contributed by atoms with Crippen LogP contribution in [-0.4, -0.2) is 14.2 Å². The molecule has 0 amide bonds. The topological polar surface area (TPSA) is 18.5 Å². The predicted octanol–water partition coefficient (Wildman–Crippen LogP) is 6.58. The van der Waals surface area contributed by atoms with Crippen LogP contribution in [0.4, 0.5) is 0 Å². The van der Waals surface area contributed by atoms with Crippen LogP contribution in [-0.2, 0) is 0 Å². The van der Waals surface area contributed by atoms with E-state index in [-0.39, 0.29) is 0 Å². The molecule has 0 heterocycles. The maximum atomic E-state index is 5.49. The molecular formula is C23H36O2. The second-order valence-electron chi connectivity index (χ2n) is 8.30. The van der Waals surface area contributed by atoms with E-state index in [4.69, 9.17) is 9.47 Å². The predicted molar refractivity (Wildman–Crippen MR) is 105 cm³/mol. The van der Waals surface area contributed by atoms with Gasteiger partial charge < -0.3 is 9.47 Å². The van der Waals surface area contributed by atoms with Crippen molar-refractivity contribution in [1.82, 2.24) is 0 Å². The first-order valence-corrected chi connectivity index (χ1v) is 10.5.